The first-order chi connectivity index (χ1) is 13.8. The monoisotopic (exact) mass is 389 g/mol. The van der Waals surface area contributed by atoms with E-state index >= 15 is 0 Å². The number of carbonyl (C=O) groups excluding carboxylic acids is 2. The molecule has 0 saturated carbocycles. The first-order valence-electron chi connectivity index (χ1n) is 9.19. The second-order valence-electron chi connectivity index (χ2n) is 6.92. The molecule has 0 aliphatic heterocycles. The van der Waals surface area contributed by atoms with Crippen molar-refractivity contribution in [2.75, 3.05) is 16.0 Å². The van der Waals surface area contributed by atoms with E-state index in [0.29, 0.717) is 11.5 Å². The molecule has 3 rings (SSSR count). The molecule has 7 heteroatoms. The zero-order valence-electron chi connectivity index (χ0n) is 16.8. The number of hydrogen-bond donors (Lipinski definition) is 3. The molecule has 1 aromatic heterocycles. The van der Waals surface area contributed by atoms with Crippen LogP contribution in [-0.4, -0.2) is 22.0 Å². The highest BCUT2D eigenvalue weighted by Gasteiger charge is 2.12. The van der Waals surface area contributed by atoms with E-state index in [1.165, 1.54) is 6.92 Å². The van der Waals surface area contributed by atoms with Crippen LogP contribution < -0.4 is 16.0 Å². The topological polar surface area (TPSA) is 96.0 Å². The van der Waals surface area contributed by atoms with Gasteiger partial charge < -0.3 is 16.0 Å². The van der Waals surface area contributed by atoms with E-state index in [0.717, 1.165) is 28.1 Å². The van der Waals surface area contributed by atoms with Crippen LogP contribution in [0.3, 0.4) is 0 Å². The third-order valence-electron chi connectivity index (χ3n) is 4.29. The summed E-state index contributed by atoms with van der Waals surface area (Å²) < 4.78 is 0. The van der Waals surface area contributed by atoms with E-state index < -0.39 is 0 Å². The standard InChI is InChI=1S/C22H23N5O2/c1-13-11-14(2)21(15(3)12-13)25-22(29)19-9-10-20(27-26-19)24-18-7-5-17(6-8-18)23-16(4)28/h5-12H,1-4H3,(H,23,28)(H,24,27)(H,25,29). The Morgan fingerprint density at radius 3 is 1.97 bits per heavy atom. The molecule has 0 unspecified atom stereocenters. The lowest BCUT2D eigenvalue weighted by Crippen LogP contribution is -2.16. The number of nitrogens with zero attached hydrogens (tertiary/aromatic N) is 2. The molecule has 0 bridgehead atoms. The third kappa shape index (κ3) is 5.16. The van der Waals surface area contributed by atoms with Crippen molar-refractivity contribution in [2.24, 2.45) is 0 Å². The maximum absolute atomic E-state index is 12.5. The predicted octanol–water partition coefficient (Wildman–Crippen LogP) is 4.36. The van der Waals surface area contributed by atoms with Crippen molar-refractivity contribution in [3.05, 3.63) is 70.9 Å². The number of carbonyl (C=O) groups is 2. The van der Waals surface area contributed by atoms with Crippen LogP contribution in [0.25, 0.3) is 0 Å². The SMILES string of the molecule is CC(=O)Nc1ccc(Nc2ccc(C(=O)Nc3c(C)cc(C)cc3C)nn2)cc1. The number of hydrogen-bond acceptors (Lipinski definition) is 5. The molecule has 0 spiro atoms. The van der Waals surface area contributed by atoms with Crippen LogP contribution in [-0.2, 0) is 4.79 Å². The van der Waals surface area contributed by atoms with Gasteiger partial charge in [0.15, 0.2) is 11.5 Å². The summed E-state index contributed by atoms with van der Waals surface area (Å²) in [5.41, 5.74) is 5.69. The van der Waals surface area contributed by atoms with Crippen molar-refractivity contribution >= 4 is 34.7 Å². The lowest BCUT2D eigenvalue weighted by molar-refractivity contribution is -0.114. The Kier molecular flexibility index (Phi) is 5.87. The minimum atomic E-state index is -0.307. The average molecular weight is 389 g/mol. The summed E-state index contributed by atoms with van der Waals surface area (Å²) in [6.07, 6.45) is 0. The van der Waals surface area contributed by atoms with E-state index in [-0.39, 0.29) is 17.5 Å². The maximum Gasteiger partial charge on any atom is 0.276 e. The van der Waals surface area contributed by atoms with Crippen molar-refractivity contribution < 1.29 is 9.59 Å². The summed E-state index contributed by atoms with van der Waals surface area (Å²) in [6, 6.07) is 14.6. The molecule has 29 heavy (non-hydrogen) atoms. The number of aryl methyl sites for hydroxylation is 3. The second-order valence-corrected chi connectivity index (χ2v) is 6.92. The zero-order valence-corrected chi connectivity index (χ0v) is 16.8. The predicted molar refractivity (Wildman–Crippen MR) is 115 cm³/mol. The van der Waals surface area contributed by atoms with Crippen molar-refractivity contribution in [3.8, 4) is 0 Å². The van der Waals surface area contributed by atoms with Gasteiger partial charge >= 0.3 is 0 Å². The Morgan fingerprint density at radius 2 is 1.41 bits per heavy atom. The lowest BCUT2D eigenvalue weighted by atomic mass is 10.1. The van der Waals surface area contributed by atoms with Gasteiger partial charge in [-0.15, -0.1) is 10.2 Å². The van der Waals surface area contributed by atoms with E-state index in [4.69, 9.17) is 0 Å². The highest BCUT2D eigenvalue weighted by molar-refractivity contribution is 6.03. The fourth-order valence-corrected chi connectivity index (χ4v) is 3.06. The molecule has 0 radical (unpaired) electrons. The van der Waals surface area contributed by atoms with Crippen molar-refractivity contribution in [2.45, 2.75) is 27.7 Å². The fourth-order valence-electron chi connectivity index (χ4n) is 3.06. The van der Waals surface area contributed by atoms with E-state index in [2.05, 4.69) is 26.1 Å². The van der Waals surface area contributed by atoms with Crippen LogP contribution in [0.5, 0.6) is 0 Å². The second kappa shape index (κ2) is 8.52. The lowest BCUT2D eigenvalue weighted by Gasteiger charge is -2.12. The minimum Gasteiger partial charge on any atom is -0.339 e. The van der Waals surface area contributed by atoms with E-state index in [1.807, 2.05) is 45.0 Å². The summed E-state index contributed by atoms with van der Waals surface area (Å²) in [7, 11) is 0. The number of nitrogens with one attached hydrogen (secondary N) is 3. The number of aromatic nitrogens is 2. The van der Waals surface area contributed by atoms with E-state index in [1.54, 1.807) is 24.3 Å². The quantitative estimate of drug-likeness (QED) is 0.603. The van der Waals surface area contributed by atoms with Crippen LogP contribution in [0.2, 0.25) is 0 Å². The number of amides is 2. The highest BCUT2D eigenvalue weighted by atomic mass is 16.2. The molecule has 0 fully saturated rings. The normalized spacial score (nSPS) is 10.3. The maximum atomic E-state index is 12.5. The van der Waals surface area contributed by atoms with Crippen LogP contribution in [0, 0.1) is 20.8 Å². The minimum absolute atomic E-state index is 0.124. The Balaban J connectivity index is 1.67. The Morgan fingerprint density at radius 1 is 0.793 bits per heavy atom. The van der Waals surface area contributed by atoms with Gasteiger partial charge in [-0.1, -0.05) is 17.7 Å². The van der Waals surface area contributed by atoms with Crippen LogP contribution in [0.4, 0.5) is 22.9 Å². The molecule has 148 valence electrons. The van der Waals surface area contributed by atoms with Crippen LogP contribution >= 0.6 is 0 Å². The first kappa shape index (κ1) is 20.0. The molecular formula is C22H23N5O2. The van der Waals surface area contributed by atoms with E-state index in [9.17, 15) is 9.59 Å². The van der Waals surface area contributed by atoms with Gasteiger partial charge in [0.1, 0.15) is 0 Å². The highest BCUT2D eigenvalue weighted by Crippen LogP contribution is 2.23. The first-order valence-corrected chi connectivity index (χ1v) is 9.19. The third-order valence-corrected chi connectivity index (χ3v) is 4.29. The molecule has 3 N–H and O–H groups in total. The number of rotatable bonds is 5. The van der Waals surface area contributed by atoms with Crippen LogP contribution in [0.1, 0.15) is 34.1 Å². The summed E-state index contributed by atoms with van der Waals surface area (Å²) >= 11 is 0. The van der Waals surface area contributed by atoms with Gasteiger partial charge in [0.25, 0.3) is 5.91 Å². The van der Waals surface area contributed by atoms with Crippen molar-refractivity contribution in [1.82, 2.24) is 10.2 Å². The average Bonchev–Trinajstić information content (AvgIpc) is 2.66. The molecule has 0 aliphatic carbocycles. The molecule has 1 heterocycles. The van der Waals surface area contributed by atoms with Gasteiger partial charge in [0, 0.05) is 24.0 Å². The van der Waals surface area contributed by atoms with Crippen molar-refractivity contribution in [1.29, 1.82) is 0 Å². The van der Waals surface area contributed by atoms with Crippen LogP contribution in [0.15, 0.2) is 48.5 Å². The molecule has 2 amide bonds. The van der Waals surface area contributed by atoms with Gasteiger partial charge in [-0.2, -0.15) is 0 Å². The Hall–Kier alpha value is -3.74. The smallest absolute Gasteiger partial charge is 0.276 e. The number of benzene rings is 2. The zero-order chi connectivity index (χ0) is 21.0. The van der Waals surface area contributed by atoms with Crippen molar-refractivity contribution in [3.63, 3.8) is 0 Å². The fraction of sp³-hybridized carbons (Fsp3) is 0.182. The molecule has 7 nitrogen and oxygen atoms in total. The molecular weight excluding hydrogens is 366 g/mol. The molecule has 0 aliphatic rings. The summed E-state index contributed by atoms with van der Waals surface area (Å²) in [5, 5.41) is 16.8. The summed E-state index contributed by atoms with van der Waals surface area (Å²) in [5.74, 6) is 0.0803. The Bertz CT molecular complexity index is 1020. The number of anilines is 4. The molecule has 0 saturated heterocycles. The van der Waals surface area contributed by atoms with Gasteiger partial charge in [0.05, 0.1) is 0 Å². The van der Waals surface area contributed by atoms with Gasteiger partial charge in [-0.05, 0) is 68.3 Å². The summed E-state index contributed by atoms with van der Waals surface area (Å²) in [6.45, 7) is 7.41. The van der Waals surface area contributed by atoms with Gasteiger partial charge in [0.2, 0.25) is 5.91 Å². The summed E-state index contributed by atoms with van der Waals surface area (Å²) in [4.78, 5) is 23.6. The molecule has 0 atom stereocenters. The van der Waals surface area contributed by atoms with Gasteiger partial charge in [-0.3, -0.25) is 9.59 Å². The largest absolute Gasteiger partial charge is 0.339 e. The molecule has 3 aromatic rings. The van der Waals surface area contributed by atoms with Gasteiger partial charge in [-0.25, -0.2) is 0 Å². The Labute approximate surface area is 169 Å². The molecule has 2 aromatic carbocycles.